The molecule has 1 atom stereocenters. The second-order valence-corrected chi connectivity index (χ2v) is 5.63. The van der Waals surface area contributed by atoms with E-state index in [1.54, 1.807) is 18.7 Å². The van der Waals surface area contributed by atoms with Gasteiger partial charge in [0.25, 0.3) is 0 Å². The highest BCUT2D eigenvalue weighted by Crippen LogP contribution is 2.29. The first-order chi connectivity index (χ1) is 6.61. The second-order valence-electron chi connectivity index (χ2n) is 5.63. The smallest absolute Gasteiger partial charge is 0.410 e. The number of aliphatic hydroxyl groups is 1. The van der Waals surface area contributed by atoms with Crippen LogP contribution in [0.2, 0.25) is 0 Å². The topological polar surface area (TPSA) is 49.8 Å². The fraction of sp³-hybridized carbons (Fsp3) is 0.909. The summed E-state index contributed by atoms with van der Waals surface area (Å²) in [5.41, 5.74) is -1.33. The normalized spacial score (nSPS) is 22.3. The Hall–Kier alpha value is -0.770. The van der Waals surface area contributed by atoms with E-state index in [0.717, 1.165) is 6.42 Å². The zero-order chi connectivity index (χ0) is 11.9. The fourth-order valence-electron chi connectivity index (χ4n) is 1.66. The number of ether oxygens (including phenoxy) is 1. The molecule has 4 nitrogen and oxygen atoms in total. The van der Waals surface area contributed by atoms with Crippen molar-refractivity contribution in [2.45, 2.75) is 58.3 Å². The van der Waals surface area contributed by atoms with E-state index < -0.39 is 11.2 Å². The van der Waals surface area contributed by atoms with Crippen molar-refractivity contribution in [3.05, 3.63) is 0 Å². The van der Waals surface area contributed by atoms with Crippen LogP contribution in [0.4, 0.5) is 4.79 Å². The maximum absolute atomic E-state index is 11.7. The minimum Gasteiger partial charge on any atom is -0.444 e. The van der Waals surface area contributed by atoms with Crippen LogP contribution >= 0.6 is 0 Å². The van der Waals surface area contributed by atoms with Gasteiger partial charge in [-0.25, -0.2) is 4.79 Å². The standard InChI is InChI=1S/C11H21NO3/c1-10(2,3)15-9(13)12-7-6-8(12)11(4,5)14/h8,14H,6-7H2,1-5H3. The molecule has 1 heterocycles. The molecule has 0 aromatic rings. The van der Waals surface area contributed by atoms with Gasteiger partial charge in [-0.3, -0.25) is 0 Å². The highest BCUT2D eigenvalue weighted by Gasteiger charge is 2.43. The van der Waals surface area contributed by atoms with E-state index in [4.69, 9.17) is 4.74 Å². The molecule has 0 radical (unpaired) electrons. The maximum Gasteiger partial charge on any atom is 0.410 e. The van der Waals surface area contributed by atoms with Crippen molar-refractivity contribution in [3.63, 3.8) is 0 Å². The molecular weight excluding hydrogens is 194 g/mol. The van der Waals surface area contributed by atoms with Gasteiger partial charge in [0.1, 0.15) is 5.60 Å². The summed E-state index contributed by atoms with van der Waals surface area (Å²) < 4.78 is 5.24. The number of carbonyl (C=O) groups is 1. The Morgan fingerprint density at radius 2 is 1.87 bits per heavy atom. The van der Waals surface area contributed by atoms with E-state index in [2.05, 4.69) is 0 Å². The van der Waals surface area contributed by atoms with Crippen LogP contribution in [0.3, 0.4) is 0 Å². The van der Waals surface area contributed by atoms with Crippen molar-refractivity contribution in [3.8, 4) is 0 Å². The molecule has 15 heavy (non-hydrogen) atoms. The third-order valence-corrected chi connectivity index (χ3v) is 2.46. The first-order valence-electron chi connectivity index (χ1n) is 5.33. The zero-order valence-corrected chi connectivity index (χ0v) is 10.2. The van der Waals surface area contributed by atoms with Gasteiger partial charge in [0.2, 0.25) is 0 Å². The third-order valence-electron chi connectivity index (χ3n) is 2.46. The molecule has 1 fully saturated rings. The lowest BCUT2D eigenvalue weighted by Crippen LogP contribution is -2.61. The molecular formula is C11H21NO3. The first-order valence-corrected chi connectivity index (χ1v) is 5.33. The molecule has 1 aliphatic heterocycles. The summed E-state index contributed by atoms with van der Waals surface area (Å²) in [6.45, 7) is 9.61. The second kappa shape index (κ2) is 3.67. The Morgan fingerprint density at radius 3 is 2.13 bits per heavy atom. The van der Waals surface area contributed by atoms with E-state index in [0.29, 0.717) is 6.54 Å². The highest BCUT2D eigenvalue weighted by atomic mass is 16.6. The zero-order valence-electron chi connectivity index (χ0n) is 10.2. The lowest BCUT2D eigenvalue weighted by Gasteiger charge is -2.47. The molecule has 1 rings (SSSR count). The summed E-state index contributed by atoms with van der Waals surface area (Å²) in [4.78, 5) is 13.3. The molecule has 4 heteroatoms. The third kappa shape index (κ3) is 3.09. The van der Waals surface area contributed by atoms with Crippen molar-refractivity contribution < 1.29 is 14.6 Å². The van der Waals surface area contributed by atoms with Crippen LogP contribution in [-0.4, -0.2) is 39.9 Å². The summed E-state index contributed by atoms with van der Waals surface area (Å²) >= 11 is 0. The lowest BCUT2D eigenvalue weighted by molar-refractivity contribution is -0.0758. The lowest BCUT2D eigenvalue weighted by atomic mass is 9.88. The molecule has 0 aromatic heterocycles. The Balaban J connectivity index is 2.56. The molecule has 1 amide bonds. The average molecular weight is 215 g/mol. The summed E-state index contributed by atoms with van der Waals surface area (Å²) in [6.07, 6.45) is 0.504. The van der Waals surface area contributed by atoms with Gasteiger partial charge >= 0.3 is 6.09 Å². The van der Waals surface area contributed by atoms with Crippen LogP contribution in [0.15, 0.2) is 0 Å². The number of rotatable bonds is 1. The van der Waals surface area contributed by atoms with Gasteiger partial charge in [-0.05, 0) is 41.0 Å². The Labute approximate surface area is 91.2 Å². The number of nitrogens with zero attached hydrogens (tertiary/aromatic N) is 1. The van der Waals surface area contributed by atoms with Crippen molar-refractivity contribution >= 4 is 6.09 Å². The molecule has 1 unspecified atom stereocenters. The molecule has 1 aliphatic rings. The number of carbonyl (C=O) groups excluding carboxylic acids is 1. The molecule has 0 bridgehead atoms. The number of hydrogen-bond acceptors (Lipinski definition) is 3. The Morgan fingerprint density at radius 1 is 1.33 bits per heavy atom. The number of hydrogen-bond donors (Lipinski definition) is 1. The molecule has 0 aliphatic carbocycles. The predicted molar refractivity (Wildman–Crippen MR) is 57.6 cm³/mol. The van der Waals surface area contributed by atoms with Crippen LogP contribution in [0, 0.1) is 0 Å². The van der Waals surface area contributed by atoms with Crippen molar-refractivity contribution in [2.75, 3.05) is 6.54 Å². The minimum atomic E-state index is -0.852. The fourth-order valence-corrected chi connectivity index (χ4v) is 1.66. The largest absolute Gasteiger partial charge is 0.444 e. The quantitative estimate of drug-likeness (QED) is 0.725. The van der Waals surface area contributed by atoms with E-state index in [-0.39, 0.29) is 12.1 Å². The molecule has 0 saturated carbocycles. The molecule has 88 valence electrons. The Bertz CT molecular complexity index is 250. The van der Waals surface area contributed by atoms with Gasteiger partial charge < -0.3 is 14.7 Å². The van der Waals surface area contributed by atoms with Crippen LogP contribution in [0.25, 0.3) is 0 Å². The average Bonchev–Trinajstić information content (AvgIpc) is 1.72. The Kier molecular flexibility index (Phi) is 3.01. The summed E-state index contributed by atoms with van der Waals surface area (Å²) in [7, 11) is 0. The summed E-state index contributed by atoms with van der Waals surface area (Å²) in [5, 5.41) is 9.81. The number of likely N-dealkylation sites (tertiary alicyclic amines) is 1. The SMILES string of the molecule is CC(C)(C)OC(=O)N1CCC1C(C)(C)O. The molecule has 0 aromatic carbocycles. The van der Waals surface area contributed by atoms with Gasteiger partial charge in [0.05, 0.1) is 11.6 Å². The van der Waals surface area contributed by atoms with Crippen molar-refractivity contribution in [2.24, 2.45) is 0 Å². The van der Waals surface area contributed by atoms with Crippen LogP contribution < -0.4 is 0 Å². The first kappa shape index (κ1) is 12.3. The van der Waals surface area contributed by atoms with Gasteiger partial charge in [0, 0.05) is 6.54 Å². The van der Waals surface area contributed by atoms with E-state index in [9.17, 15) is 9.90 Å². The highest BCUT2D eigenvalue weighted by molar-refractivity contribution is 5.69. The van der Waals surface area contributed by atoms with E-state index in [1.807, 2.05) is 20.8 Å². The maximum atomic E-state index is 11.7. The molecule has 1 N–H and O–H groups in total. The van der Waals surface area contributed by atoms with Crippen LogP contribution in [0.5, 0.6) is 0 Å². The van der Waals surface area contributed by atoms with Gasteiger partial charge in [-0.2, -0.15) is 0 Å². The van der Waals surface area contributed by atoms with Crippen molar-refractivity contribution in [1.82, 2.24) is 4.90 Å². The predicted octanol–water partition coefficient (Wildman–Crippen LogP) is 1.77. The van der Waals surface area contributed by atoms with Gasteiger partial charge in [0.15, 0.2) is 0 Å². The van der Waals surface area contributed by atoms with Crippen LogP contribution in [0.1, 0.15) is 41.0 Å². The monoisotopic (exact) mass is 215 g/mol. The van der Waals surface area contributed by atoms with E-state index >= 15 is 0 Å². The van der Waals surface area contributed by atoms with E-state index in [1.165, 1.54) is 0 Å². The van der Waals surface area contributed by atoms with Crippen LogP contribution in [-0.2, 0) is 4.74 Å². The van der Waals surface area contributed by atoms with Crippen molar-refractivity contribution in [1.29, 1.82) is 0 Å². The molecule has 0 spiro atoms. The minimum absolute atomic E-state index is 0.118. The molecule has 1 saturated heterocycles. The van der Waals surface area contributed by atoms with Gasteiger partial charge in [-0.15, -0.1) is 0 Å². The summed E-state index contributed by atoms with van der Waals surface area (Å²) in [5.74, 6) is 0. The summed E-state index contributed by atoms with van der Waals surface area (Å²) in [6, 6.07) is -0.118. The van der Waals surface area contributed by atoms with Gasteiger partial charge in [-0.1, -0.05) is 0 Å². The number of amides is 1.